The second-order valence-electron chi connectivity index (χ2n) is 7.41. The van der Waals surface area contributed by atoms with Gasteiger partial charge in [-0.15, -0.1) is 0 Å². The Kier molecular flexibility index (Phi) is 7.40. The Labute approximate surface area is 181 Å². The first-order valence-corrected chi connectivity index (χ1v) is 11.5. The van der Waals surface area contributed by atoms with E-state index in [4.69, 9.17) is 4.74 Å². The first kappa shape index (κ1) is 22.9. The molecule has 2 aromatic carbocycles. The SMILES string of the molecule is CC(OC(=O)C1CCN(S(=O)(=O)c2ccccc2)CC1)C(=O)NCc1ccc(F)cc1. The standard InChI is InChI=1S/C22H25FN2O5S/c1-16(21(26)24-15-17-7-9-19(23)10-8-17)30-22(27)18-11-13-25(14-12-18)31(28,29)20-5-3-2-4-6-20/h2-10,16,18H,11-15H2,1H3,(H,24,26). The summed E-state index contributed by atoms with van der Waals surface area (Å²) in [6.07, 6.45) is -0.331. The molecular formula is C22H25FN2O5S. The van der Waals surface area contributed by atoms with Crippen LogP contribution >= 0.6 is 0 Å². The third kappa shape index (κ3) is 5.89. The zero-order valence-electron chi connectivity index (χ0n) is 17.2. The highest BCUT2D eigenvalue weighted by Gasteiger charge is 2.33. The summed E-state index contributed by atoms with van der Waals surface area (Å²) in [7, 11) is -3.59. The number of carbonyl (C=O) groups excluding carboxylic acids is 2. The summed E-state index contributed by atoms with van der Waals surface area (Å²) in [5.41, 5.74) is 0.722. The number of benzene rings is 2. The maximum atomic E-state index is 12.9. The van der Waals surface area contributed by atoms with Gasteiger partial charge in [0.25, 0.3) is 5.91 Å². The lowest BCUT2D eigenvalue weighted by Gasteiger charge is -2.30. The number of sulfonamides is 1. The van der Waals surface area contributed by atoms with Crippen molar-refractivity contribution >= 4 is 21.9 Å². The molecule has 1 fully saturated rings. The van der Waals surface area contributed by atoms with Crippen LogP contribution in [0.2, 0.25) is 0 Å². The fraction of sp³-hybridized carbons (Fsp3) is 0.364. The number of hydrogen-bond donors (Lipinski definition) is 1. The van der Waals surface area contributed by atoms with Gasteiger partial charge in [0.2, 0.25) is 10.0 Å². The van der Waals surface area contributed by atoms with E-state index in [0.717, 1.165) is 5.56 Å². The number of halogens is 1. The zero-order chi connectivity index (χ0) is 22.4. The van der Waals surface area contributed by atoms with Crippen molar-refractivity contribution in [3.05, 3.63) is 66.0 Å². The van der Waals surface area contributed by atoms with Crippen LogP contribution in [0.4, 0.5) is 4.39 Å². The largest absolute Gasteiger partial charge is 0.452 e. The van der Waals surface area contributed by atoms with Crippen molar-refractivity contribution in [2.24, 2.45) is 5.92 Å². The van der Waals surface area contributed by atoms with Crippen molar-refractivity contribution in [3.63, 3.8) is 0 Å². The van der Waals surface area contributed by atoms with E-state index in [1.807, 2.05) is 0 Å². The topological polar surface area (TPSA) is 92.8 Å². The summed E-state index contributed by atoms with van der Waals surface area (Å²) < 4.78 is 44.9. The maximum Gasteiger partial charge on any atom is 0.309 e. The molecular weight excluding hydrogens is 423 g/mol. The molecule has 0 aromatic heterocycles. The molecule has 0 bridgehead atoms. The Morgan fingerprint density at radius 1 is 1.10 bits per heavy atom. The van der Waals surface area contributed by atoms with E-state index in [1.165, 1.54) is 23.4 Å². The van der Waals surface area contributed by atoms with Gasteiger partial charge in [-0.25, -0.2) is 12.8 Å². The number of carbonyl (C=O) groups is 2. The van der Waals surface area contributed by atoms with Gasteiger partial charge in [0.05, 0.1) is 10.8 Å². The lowest BCUT2D eigenvalue weighted by molar-refractivity contribution is -0.159. The van der Waals surface area contributed by atoms with E-state index in [2.05, 4.69) is 5.32 Å². The Hall–Kier alpha value is -2.78. The van der Waals surface area contributed by atoms with Crippen LogP contribution < -0.4 is 5.32 Å². The minimum atomic E-state index is -3.59. The molecule has 166 valence electrons. The summed E-state index contributed by atoms with van der Waals surface area (Å²) in [5.74, 6) is -1.79. The molecule has 0 saturated carbocycles. The van der Waals surface area contributed by atoms with Crippen LogP contribution in [0.25, 0.3) is 0 Å². The number of amides is 1. The Morgan fingerprint density at radius 2 is 1.71 bits per heavy atom. The summed E-state index contributed by atoms with van der Waals surface area (Å²) in [5, 5.41) is 2.65. The van der Waals surface area contributed by atoms with Crippen molar-refractivity contribution in [2.45, 2.75) is 37.3 Å². The molecule has 1 unspecified atom stereocenters. The zero-order valence-corrected chi connectivity index (χ0v) is 18.0. The van der Waals surface area contributed by atoms with Gasteiger partial charge < -0.3 is 10.1 Å². The third-order valence-electron chi connectivity index (χ3n) is 5.21. The first-order valence-electron chi connectivity index (χ1n) is 10.0. The molecule has 9 heteroatoms. The summed E-state index contributed by atoms with van der Waals surface area (Å²) in [6.45, 7) is 2.09. The number of esters is 1. The molecule has 1 heterocycles. The highest BCUT2D eigenvalue weighted by atomic mass is 32.2. The normalized spacial score (nSPS) is 16.5. The third-order valence-corrected chi connectivity index (χ3v) is 7.12. The van der Waals surface area contributed by atoms with Gasteiger partial charge in [0.15, 0.2) is 6.10 Å². The number of ether oxygens (including phenoxy) is 1. The van der Waals surface area contributed by atoms with Crippen molar-refractivity contribution in [3.8, 4) is 0 Å². The number of nitrogens with one attached hydrogen (secondary N) is 1. The van der Waals surface area contributed by atoms with Crippen LogP contribution in [0.1, 0.15) is 25.3 Å². The van der Waals surface area contributed by atoms with Crippen LogP contribution in [0.5, 0.6) is 0 Å². The summed E-state index contributed by atoms with van der Waals surface area (Å²) >= 11 is 0. The van der Waals surface area contributed by atoms with E-state index in [-0.39, 0.29) is 30.3 Å². The maximum absolute atomic E-state index is 12.9. The predicted octanol–water partition coefficient (Wildman–Crippen LogP) is 2.47. The Balaban J connectivity index is 1.47. The fourth-order valence-corrected chi connectivity index (χ4v) is 4.82. The van der Waals surface area contributed by atoms with Gasteiger partial charge in [-0.3, -0.25) is 9.59 Å². The second kappa shape index (κ2) is 10.0. The molecule has 1 amide bonds. The van der Waals surface area contributed by atoms with Crippen LogP contribution in [-0.4, -0.2) is 43.8 Å². The average molecular weight is 449 g/mol. The lowest BCUT2D eigenvalue weighted by Crippen LogP contribution is -2.42. The second-order valence-corrected chi connectivity index (χ2v) is 9.35. The van der Waals surface area contributed by atoms with Crippen LogP contribution in [0.15, 0.2) is 59.5 Å². The summed E-state index contributed by atoms with van der Waals surface area (Å²) in [4.78, 5) is 24.9. The molecule has 1 N–H and O–H groups in total. The van der Waals surface area contributed by atoms with Crippen LogP contribution in [0, 0.1) is 11.7 Å². The highest BCUT2D eigenvalue weighted by Crippen LogP contribution is 2.24. The quantitative estimate of drug-likeness (QED) is 0.657. The molecule has 7 nitrogen and oxygen atoms in total. The van der Waals surface area contributed by atoms with E-state index in [1.54, 1.807) is 42.5 Å². The molecule has 2 aromatic rings. The number of nitrogens with zero attached hydrogens (tertiary/aromatic N) is 1. The van der Waals surface area contributed by atoms with Gasteiger partial charge in [-0.05, 0) is 49.6 Å². The average Bonchev–Trinajstić information content (AvgIpc) is 2.79. The summed E-state index contributed by atoms with van der Waals surface area (Å²) in [6, 6.07) is 13.9. The minimum absolute atomic E-state index is 0.191. The molecule has 3 rings (SSSR count). The molecule has 31 heavy (non-hydrogen) atoms. The van der Waals surface area contributed by atoms with Crippen molar-refractivity contribution < 1.29 is 27.1 Å². The van der Waals surface area contributed by atoms with Gasteiger partial charge in [0, 0.05) is 19.6 Å². The van der Waals surface area contributed by atoms with Crippen LogP contribution in [0.3, 0.4) is 0 Å². The number of piperidine rings is 1. The van der Waals surface area contributed by atoms with E-state index in [0.29, 0.717) is 12.8 Å². The molecule has 1 aliphatic heterocycles. The lowest BCUT2D eigenvalue weighted by atomic mass is 9.98. The van der Waals surface area contributed by atoms with Crippen molar-refractivity contribution in [2.75, 3.05) is 13.1 Å². The van der Waals surface area contributed by atoms with Crippen molar-refractivity contribution in [1.82, 2.24) is 9.62 Å². The van der Waals surface area contributed by atoms with Crippen LogP contribution in [-0.2, 0) is 30.9 Å². The molecule has 1 aliphatic rings. The Morgan fingerprint density at radius 3 is 2.32 bits per heavy atom. The van der Waals surface area contributed by atoms with Crippen molar-refractivity contribution in [1.29, 1.82) is 0 Å². The molecule has 0 radical (unpaired) electrons. The molecule has 1 atom stereocenters. The van der Waals surface area contributed by atoms with E-state index >= 15 is 0 Å². The van der Waals surface area contributed by atoms with E-state index < -0.39 is 33.9 Å². The molecule has 1 saturated heterocycles. The highest BCUT2D eigenvalue weighted by molar-refractivity contribution is 7.89. The Bertz CT molecular complexity index is 1000. The van der Waals surface area contributed by atoms with Gasteiger partial charge in [-0.2, -0.15) is 4.31 Å². The number of rotatable bonds is 7. The first-order chi connectivity index (χ1) is 14.8. The fourth-order valence-electron chi connectivity index (χ4n) is 3.33. The molecule has 0 spiro atoms. The minimum Gasteiger partial charge on any atom is -0.452 e. The smallest absolute Gasteiger partial charge is 0.309 e. The van der Waals surface area contributed by atoms with E-state index in [9.17, 15) is 22.4 Å². The van der Waals surface area contributed by atoms with Gasteiger partial charge in [-0.1, -0.05) is 30.3 Å². The monoisotopic (exact) mass is 448 g/mol. The predicted molar refractivity (Wildman–Crippen MR) is 112 cm³/mol. The molecule has 0 aliphatic carbocycles. The van der Waals surface area contributed by atoms with Gasteiger partial charge >= 0.3 is 5.97 Å². The number of hydrogen-bond acceptors (Lipinski definition) is 5. The van der Waals surface area contributed by atoms with Gasteiger partial charge in [0.1, 0.15) is 5.82 Å².